The summed E-state index contributed by atoms with van der Waals surface area (Å²) < 4.78 is 5.16. The zero-order valence-corrected chi connectivity index (χ0v) is 13.6. The average molecular weight is 337 g/mol. The van der Waals surface area contributed by atoms with E-state index in [-0.39, 0.29) is 11.2 Å². The summed E-state index contributed by atoms with van der Waals surface area (Å²) in [6.45, 7) is 0. The van der Waals surface area contributed by atoms with E-state index in [4.69, 9.17) is 4.42 Å². The first-order valence-corrected chi connectivity index (χ1v) is 8.73. The highest BCUT2D eigenvalue weighted by Crippen LogP contribution is 2.37. The van der Waals surface area contributed by atoms with Crippen LogP contribution in [-0.4, -0.2) is 21.9 Å². The van der Waals surface area contributed by atoms with Gasteiger partial charge in [0.05, 0.1) is 0 Å². The highest BCUT2D eigenvalue weighted by molar-refractivity contribution is 8.00. The highest BCUT2D eigenvalue weighted by Gasteiger charge is 2.26. The van der Waals surface area contributed by atoms with Gasteiger partial charge in [0.15, 0.2) is 0 Å². The Hall–Kier alpha value is -2.60. The van der Waals surface area contributed by atoms with Crippen LogP contribution in [0.4, 0.5) is 5.69 Å². The fourth-order valence-electron chi connectivity index (χ4n) is 2.81. The van der Waals surface area contributed by atoms with E-state index in [1.807, 2.05) is 42.5 Å². The van der Waals surface area contributed by atoms with E-state index in [1.54, 1.807) is 11.8 Å². The maximum Gasteiger partial charge on any atom is 0.247 e. The number of rotatable bonds is 3. The van der Waals surface area contributed by atoms with E-state index in [9.17, 15) is 4.79 Å². The summed E-state index contributed by atoms with van der Waals surface area (Å²) in [4.78, 5) is 12.7. The van der Waals surface area contributed by atoms with Crippen LogP contribution in [0.2, 0.25) is 0 Å². The minimum atomic E-state index is -0.162. The maximum atomic E-state index is 12.7. The van der Waals surface area contributed by atoms with Crippen molar-refractivity contribution < 1.29 is 9.21 Å². The molecule has 0 fully saturated rings. The SMILES string of the molecule is O=C(Nc1ccc(-c2nnco2)cc1)[C@@H]1SCCc2ccccc21. The first-order chi connectivity index (χ1) is 11.8. The minimum absolute atomic E-state index is 0.0118. The summed E-state index contributed by atoms with van der Waals surface area (Å²) in [6.07, 6.45) is 2.31. The smallest absolute Gasteiger partial charge is 0.247 e. The number of fused-ring (bicyclic) bond motifs is 1. The molecule has 0 spiro atoms. The van der Waals surface area contributed by atoms with Crippen LogP contribution in [-0.2, 0) is 11.2 Å². The second-order valence-electron chi connectivity index (χ2n) is 5.51. The number of carbonyl (C=O) groups is 1. The molecular weight excluding hydrogens is 322 g/mol. The second kappa shape index (κ2) is 6.49. The monoisotopic (exact) mass is 337 g/mol. The topological polar surface area (TPSA) is 68.0 Å². The van der Waals surface area contributed by atoms with Gasteiger partial charge in [0.2, 0.25) is 18.2 Å². The van der Waals surface area contributed by atoms with Crippen molar-refractivity contribution in [1.82, 2.24) is 10.2 Å². The molecule has 1 aliphatic heterocycles. The van der Waals surface area contributed by atoms with Gasteiger partial charge in [-0.3, -0.25) is 4.79 Å². The number of anilines is 1. The molecule has 0 saturated heterocycles. The normalized spacial score (nSPS) is 16.4. The summed E-state index contributed by atoms with van der Waals surface area (Å²) in [5.74, 6) is 1.44. The Morgan fingerprint density at radius 2 is 2.00 bits per heavy atom. The van der Waals surface area contributed by atoms with Gasteiger partial charge < -0.3 is 9.73 Å². The van der Waals surface area contributed by atoms with Crippen molar-refractivity contribution >= 4 is 23.4 Å². The molecule has 2 aromatic carbocycles. The first kappa shape index (κ1) is 15.0. The third kappa shape index (κ3) is 2.92. The summed E-state index contributed by atoms with van der Waals surface area (Å²) in [5.41, 5.74) is 3.96. The van der Waals surface area contributed by atoms with Crippen molar-refractivity contribution in [1.29, 1.82) is 0 Å². The molecule has 120 valence electrons. The van der Waals surface area contributed by atoms with Gasteiger partial charge in [-0.1, -0.05) is 24.3 Å². The Morgan fingerprint density at radius 3 is 2.79 bits per heavy atom. The molecule has 0 bridgehead atoms. The van der Waals surface area contributed by atoms with Gasteiger partial charge in [0.25, 0.3) is 0 Å². The number of hydrogen-bond donors (Lipinski definition) is 1. The Bertz CT molecular complexity index is 847. The molecule has 4 rings (SSSR count). The molecule has 0 aliphatic carbocycles. The lowest BCUT2D eigenvalue weighted by molar-refractivity contribution is -0.115. The third-order valence-corrected chi connectivity index (χ3v) is 5.23. The van der Waals surface area contributed by atoms with Crippen LogP contribution in [0, 0.1) is 0 Å². The fourth-order valence-corrected chi connectivity index (χ4v) is 4.01. The molecule has 6 heteroatoms. The number of amides is 1. The van der Waals surface area contributed by atoms with Crippen LogP contribution in [0.15, 0.2) is 59.3 Å². The van der Waals surface area contributed by atoms with Gasteiger partial charge >= 0.3 is 0 Å². The molecule has 0 radical (unpaired) electrons. The van der Waals surface area contributed by atoms with Crippen molar-refractivity contribution in [2.24, 2.45) is 0 Å². The number of carbonyl (C=O) groups excluding carboxylic acids is 1. The van der Waals surface area contributed by atoms with Crippen LogP contribution >= 0.6 is 11.8 Å². The van der Waals surface area contributed by atoms with E-state index in [0.29, 0.717) is 5.89 Å². The molecule has 1 aromatic heterocycles. The van der Waals surface area contributed by atoms with E-state index < -0.39 is 0 Å². The van der Waals surface area contributed by atoms with Crippen molar-refractivity contribution in [2.45, 2.75) is 11.7 Å². The zero-order chi connectivity index (χ0) is 16.4. The molecule has 2 heterocycles. The highest BCUT2D eigenvalue weighted by atomic mass is 32.2. The Morgan fingerprint density at radius 1 is 1.17 bits per heavy atom. The molecule has 1 aliphatic rings. The molecule has 1 amide bonds. The molecular formula is C18H15N3O2S. The Balaban J connectivity index is 1.51. The van der Waals surface area contributed by atoms with Crippen LogP contribution < -0.4 is 5.32 Å². The lowest BCUT2D eigenvalue weighted by Gasteiger charge is -2.24. The summed E-state index contributed by atoms with van der Waals surface area (Å²) in [5, 5.41) is 10.4. The van der Waals surface area contributed by atoms with E-state index in [1.165, 1.54) is 12.0 Å². The number of hydrogen-bond acceptors (Lipinski definition) is 5. The molecule has 0 saturated carbocycles. The molecule has 24 heavy (non-hydrogen) atoms. The lowest BCUT2D eigenvalue weighted by atomic mass is 10.0. The largest absolute Gasteiger partial charge is 0.423 e. The van der Waals surface area contributed by atoms with Crippen LogP contribution in [0.3, 0.4) is 0 Å². The summed E-state index contributed by atoms with van der Waals surface area (Å²) in [6, 6.07) is 15.6. The Kier molecular flexibility index (Phi) is 4.04. The van der Waals surface area contributed by atoms with Gasteiger partial charge in [-0.15, -0.1) is 22.0 Å². The van der Waals surface area contributed by atoms with Crippen LogP contribution in [0.1, 0.15) is 16.4 Å². The van der Waals surface area contributed by atoms with Gasteiger partial charge in [0, 0.05) is 11.3 Å². The fraction of sp³-hybridized carbons (Fsp3) is 0.167. The standard InChI is InChI=1S/C18H15N3O2S/c22-17(16-15-4-2-1-3-12(15)9-10-24-16)20-14-7-5-13(6-8-14)18-21-19-11-23-18/h1-8,11,16H,9-10H2,(H,20,22)/t16-/m1/s1. The molecule has 0 unspecified atom stereocenters. The minimum Gasteiger partial charge on any atom is -0.423 e. The lowest BCUT2D eigenvalue weighted by Crippen LogP contribution is -2.23. The Labute approximate surface area is 143 Å². The van der Waals surface area contributed by atoms with Crippen molar-refractivity contribution in [3.8, 4) is 11.5 Å². The van der Waals surface area contributed by atoms with Crippen molar-refractivity contribution in [2.75, 3.05) is 11.1 Å². The first-order valence-electron chi connectivity index (χ1n) is 7.68. The number of nitrogens with zero attached hydrogens (tertiary/aromatic N) is 2. The number of benzene rings is 2. The van der Waals surface area contributed by atoms with Gasteiger partial charge in [-0.05, 0) is 47.6 Å². The zero-order valence-electron chi connectivity index (χ0n) is 12.8. The van der Waals surface area contributed by atoms with E-state index >= 15 is 0 Å². The average Bonchev–Trinajstić information content (AvgIpc) is 3.16. The van der Waals surface area contributed by atoms with Gasteiger partial charge in [0.1, 0.15) is 5.25 Å². The third-order valence-electron chi connectivity index (χ3n) is 3.99. The number of thioether (sulfide) groups is 1. The quantitative estimate of drug-likeness (QED) is 0.789. The van der Waals surface area contributed by atoms with Crippen LogP contribution in [0.25, 0.3) is 11.5 Å². The van der Waals surface area contributed by atoms with E-state index in [2.05, 4.69) is 21.6 Å². The van der Waals surface area contributed by atoms with Gasteiger partial charge in [-0.25, -0.2) is 0 Å². The second-order valence-corrected chi connectivity index (χ2v) is 6.72. The molecule has 1 N–H and O–H groups in total. The molecule has 1 atom stereocenters. The number of aromatic nitrogens is 2. The van der Waals surface area contributed by atoms with E-state index in [0.717, 1.165) is 29.0 Å². The predicted octanol–water partition coefficient (Wildman–Crippen LogP) is 3.71. The van der Waals surface area contributed by atoms with Crippen molar-refractivity contribution in [3.63, 3.8) is 0 Å². The number of aryl methyl sites for hydroxylation is 1. The maximum absolute atomic E-state index is 12.7. The molecule has 3 aromatic rings. The summed E-state index contributed by atoms with van der Waals surface area (Å²) >= 11 is 1.69. The number of nitrogens with one attached hydrogen (secondary N) is 1. The molecule has 5 nitrogen and oxygen atoms in total. The van der Waals surface area contributed by atoms with Gasteiger partial charge in [-0.2, -0.15) is 0 Å². The predicted molar refractivity (Wildman–Crippen MR) is 93.7 cm³/mol. The van der Waals surface area contributed by atoms with Crippen molar-refractivity contribution in [3.05, 3.63) is 66.1 Å². The van der Waals surface area contributed by atoms with Crippen LogP contribution in [0.5, 0.6) is 0 Å². The summed E-state index contributed by atoms with van der Waals surface area (Å²) in [7, 11) is 0.